The molecular formula is C5H14N2O3. The molecule has 0 radical (unpaired) electrons. The van der Waals surface area contributed by atoms with Crippen molar-refractivity contribution in [2.24, 2.45) is 0 Å². The van der Waals surface area contributed by atoms with E-state index in [1.54, 1.807) is 14.0 Å². The van der Waals surface area contributed by atoms with Gasteiger partial charge in [0.25, 0.3) is 0 Å². The molecule has 0 aliphatic carbocycles. The van der Waals surface area contributed by atoms with Crippen molar-refractivity contribution < 1.29 is 15.2 Å². The van der Waals surface area contributed by atoms with Crippen molar-refractivity contribution in [1.29, 1.82) is 0 Å². The maximum Gasteiger partial charge on any atom is 0.108 e. The number of nitrogens with zero attached hydrogens (tertiary/aromatic N) is 1. The molecule has 0 saturated heterocycles. The highest BCUT2D eigenvalue weighted by molar-refractivity contribution is 4.17. The summed E-state index contributed by atoms with van der Waals surface area (Å²) in [5, 5.41) is 11.3. The fourth-order valence-corrected chi connectivity index (χ4v) is 0.336. The largest absolute Gasteiger partial charge is 0.564 e. The molecular weight excluding hydrogens is 136 g/mol. The lowest BCUT2D eigenvalue weighted by Gasteiger charge is -2.20. The smallest absolute Gasteiger partial charge is 0.108 e. The van der Waals surface area contributed by atoms with Gasteiger partial charge in [-0.15, -0.1) is 5.06 Å². The second-order valence-corrected chi connectivity index (χ2v) is 1.72. The molecule has 0 aromatic heterocycles. The Morgan fingerprint density at radius 1 is 1.50 bits per heavy atom. The summed E-state index contributed by atoms with van der Waals surface area (Å²) in [6.45, 7) is 4.60. The van der Waals surface area contributed by atoms with Crippen molar-refractivity contribution in [2.45, 2.75) is 13.8 Å². The van der Waals surface area contributed by atoms with Gasteiger partial charge in [0.1, 0.15) is 6.61 Å². The third kappa shape index (κ3) is 4.66. The van der Waals surface area contributed by atoms with Crippen LogP contribution in [0.3, 0.4) is 0 Å². The zero-order chi connectivity index (χ0) is 7.98. The van der Waals surface area contributed by atoms with Crippen LogP contribution >= 0.6 is 0 Å². The molecule has 1 unspecified atom stereocenters. The molecule has 0 aliphatic heterocycles. The molecule has 0 amide bonds. The number of rotatable bonds is 5. The molecule has 0 aromatic carbocycles. The first-order chi connectivity index (χ1) is 4.70. The van der Waals surface area contributed by atoms with E-state index in [0.717, 1.165) is 0 Å². The van der Waals surface area contributed by atoms with E-state index in [0.29, 0.717) is 13.2 Å². The fraction of sp³-hybridized carbons (Fsp3) is 1.00. The Kier molecular flexibility index (Phi) is 5.46. The number of quaternary nitrogens is 1. The summed E-state index contributed by atoms with van der Waals surface area (Å²) in [6.07, 6.45) is 0. The fourth-order valence-electron chi connectivity index (χ4n) is 0.336. The van der Waals surface area contributed by atoms with Crippen LogP contribution in [0.4, 0.5) is 0 Å². The third-order valence-corrected chi connectivity index (χ3v) is 0.938. The predicted molar refractivity (Wildman–Crippen MR) is 35.3 cm³/mol. The molecule has 5 heteroatoms. The number of hydroxylamine groups is 2. The second-order valence-electron chi connectivity index (χ2n) is 1.72. The van der Waals surface area contributed by atoms with E-state index >= 15 is 0 Å². The van der Waals surface area contributed by atoms with Gasteiger partial charge in [0, 0.05) is 13.6 Å². The van der Waals surface area contributed by atoms with Gasteiger partial charge in [-0.1, -0.05) is 10.3 Å². The first kappa shape index (κ1) is 9.80. The van der Waals surface area contributed by atoms with Crippen molar-refractivity contribution in [1.82, 2.24) is 5.06 Å². The highest BCUT2D eigenvalue weighted by Gasteiger charge is 2.00. The lowest BCUT2D eigenvalue weighted by atomic mass is 10.8. The number of hydrogen-bond donors (Lipinski definition) is 1. The summed E-state index contributed by atoms with van der Waals surface area (Å²) in [4.78, 5) is 9.12. The van der Waals surface area contributed by atoms with Crippen LogP contribution in [0.15, 0.2) is 0 Å². The average Bonchev–Trinajstić information content (AvgIpc) is 1.88. The van der Waals surface area contributed by atoms with Gasteiger partial charge in [0.15, 0.2) is 0 Å². The summed E-state index contributed by atoms with van der Waals surface area (Å²) in [5.41, 5.74) is 0. The summed E-state index contributed by atoms with van der Waals surface area (Å²) < 4.78 is 0. The van der Waals surface area contributed by atoms with E-state index in [1.165, 1.54) is 5.06 Å². The van der Waals surface area contributed by atoms with E-state index in [-0.39, 0.29) is 0 Å². The molecule has 1 N–H and O–H groups in total. The van der Waals surface area contributed by atoms with E-state index in [1.807, 2.05) is 6.92 Å². The van der Waals surface area contributed by atoms with Gasteiger partial charge < -0.3 is 5.21 Å². The maximum atomic E-state index is 10.5. The van der Waals surface area contributed by atoms with Crippen LogP contribution < -0.4 is 5.39 Å². The van der Waals surface area contributed by atoms with Crippen LogP contribution in [-0.2, 0) is 9.78 Å². The Morgan fingerprint density at radius 2 is 2.10 bits per heavy atom. The normalized spacial score (nSPS) is 14.1. The van der Waals surface area contributed by atoms with Crippen molar-refractivity contribution in [3.63, 3.8) is 0 Å². The standard InChI is InChI=1S/C5H14N2O3/c1-4-6(3)10-7(8)9-5-2/h7H,4-5H2,1-3H3. The number of hydrogen-bond acceptors (Lipinski definition) is 4. The molecule has 62 valence electrons. The van der Waals surface area contributed by atoms with Crippen LogP contribution in [0.25, 0.3) is 0 Å². The van der Waals surface area contributed by atoms with Crippen LogP contribution in [-0.4, -0.2) is 25.3 Å². The van der Waals surface area contributed by atoms with E-state index < -0.39 is 5.39 Å². The molecule has 0 aliphatic rings. The van der Waals surface area contributed by atoms with Gasteiger partial charge in [-0.2, -0.15) is 4.84 Å². The molecule has 0 saturated carbocycles. The van der Waals surface area contributed by atoms with Gasteiger partial charge in [0.2, 0.25) is 0 Å². The molecule has 0 rings (SSSR count). The summed E-state index contributed by atoms with van der Waals surface area (Å²) in [7, 11) is 1.66. The Balaban J connectivity index is 3.27. The first-order valence-corrected chi connectivity index (χ1v) is 3.26. The Labute approximate surface area is 60.6 Å². The van der Waals surface area contributed by atoms with Crippen molar-refractivity contribution in [3.05, 3.63) is 5.21 Å². The molecule has 5 nitrogen and oxygen atoms in total. The third-order valence-electron chi connectivity index (χ3n) is 0.938. The van der Waals surface area contributed by atoms with Gasteiger partial charge in [-0.3, -0.25) is 0 Å². The molecule has 0 aromatic rings. The maximum absolute atomic E-state index is 10.5. The van der Waals surface area contributed by atoms with Crippen molar-refractivity contribution in [2.75, 3.05) is 20.2 Å². The van der Waals surface area contributed by atoms with Gasteiger partial charge in [0.05, 0.1) is 0 Å². The lowest BCUT2D eigenvalue weighted by molar-refractivity contribution is -1.23. The summed E-state index contributed by atoms with van der Waals surface area (Å²) in [5.74, 6) is 0. The quantitative estimate of drug-likeness (QED) is 0.517. The zero-order valence-corrected chi connectivity index (χ0v) is 6.59. The Morgan fingerprint density at radius 3 is 2.50 bits per heavy atom. The molecule has 0 fully saturated rings. The van der Waals surface area contributed by atoms with Crippen LogP contribution in [0.1, 0.15) is 13.8 Å². The SMILES string of the molecule is CCO[NH+]([O-])ON(C)CC. The van der Waals surface area contributed by atoms with E-state index in [4.69, 9.17) is 0 Å². The molecule has 0 spiro atoms. The van der Waals surface area contributed by atoms with Gasteiger partial charge >= 0.3 is 0 Å². The topological polar surface area (TPSA) is 49.2 Å². The van der Waals surface area contributed by atoms with Crippen molar-refractivity contribution in [3.8, 4) is 0 Å². The minimum Gasteiger partial charge on any atom is -0.564 e. The summed E-state index contributed by atoms with van der Waals surface area (Å²) in [6, 6.07) is 0. The minimum atomic E-state index is -0.646. The second kappa shape index (κ2) is 5.57. The van der Waals surface area contributed by atoms with Gasteiger partial charge in [-0.25, -0.2) is 0 Å². The zero-order valence-electron chi connectivity index (χ0n) is 6.59. The van der Waals surface area contributed by atoms with Crippen LogP contribution in [0, 0.1) is 5.21 Å². The lowest BCUT2D eigenvalue weighted by Crippen LogP contribution is -3.06. The highest BCUT2D eigenvalue weighted by atomic mass is 17.2. The molecule has 0 bridgehead atoms. The highest BCUT2D eigenvalue weighted by Crippen LogP contribution is 1.73. The number of nitrogens with one attached hydrogen (secondary N) is 1. The van der Waals surface area contributed by atoms with E-state index in [2.05, 4.69) is 9.78 Å². The molecule has 0 heterocycles. The predicted octanol–water partition coefficient (Wildman–Crippen LogP) is -0.881. The van der Waals surface area contributed by atoms with Crippen molar-refractivity contribution >= 4 is 0 Å². The van der Waals surface area contributed by atoms with Gasteiger partial charge in [-0.05, 0) is 13.8 Å². The molecule has 10 heavy (non-hydrogen) atoms. The Hall–Kier alpha value is -0.200. The Bertz CT molecular complexity index is 81.3. The van der Waals surface area contributed by atoms with E-state index in [9.17, 15) is 5.21 Å². The van der Waals surface area contributed by atoms with Crippen LogP contribution in [0.2, 0.25) is 0 Å². The monoisotopic (exact) mass is 150 g/mol. The average molecular weight is 150 g/mol. The first-order valence-electron chi connectivity index (χ1n) is 3.26. The summed E-state index contributed by atoms with van der Waals surface area (Å²) >= 11 is 0. The molecule has 1 atom stereocenters. The van der Waals surface area contributed by atoms with Crippen LogP contribution in [0.5, 0.6) is 0 Å². The minimum absolute atomic E-state index is 0.344.